The van der Waals surface area contributed by atoms with E-state index in [4.69, 9.17) is 16.3 Å². The molecule has 1 aliphatic carbocycles. The Labute approximate surface area is 113 Å². The van der Waals surface area contributed by atoms with Gasteiger partial charge in [0, 0.05) is 17.1 Å². The first-order valence-corrected chi connectivity index (χ1v) is 6.65. The Bertz CT molecular complexity index is 410. The molecule has 98 valence electrons. The molecule has 0 atom stereocenters. The van der Waals surface area contributed by atoms with E-state index in [2.05, 4.69) is 0 Å². The van der Waals surface area contributed by atoms with Gasteiger partial charge in [-0.1, -0.05) is 11.6 Å². The van der Waals surface area contributed by atoms with Gasteiger partial charge in [0.2, 0.25) is 0 Å². The minimum absolute atomic E-state index is 0.0578. The minimum Gasteiger partial charge on any atom is -0.484 e. The fraction of sp³-hybridized carbons (Fsp3) is 0.500. The van der Waals surface area contributed by atoms with E-state index in [0.29, 0.717) is 16.8 Å². The number of halogens is 1. The number of hydrogen-bond acceptors (Lipinski definition) is 2. The fourth-order valence-electron chi connectivity index (χ4n) is 2.02. The number of ether oxygens (including phenoxy) is 1. The third kappa shape index (κ3) is 3.39. The molecule has 0 aliphatic heterocycles. The predicted octanol–water partition coefficient (Wildman–Crippen LogP) is 3.12. The van der Waals surface area contributed by atoms with Crippen LogP contribution < -0.4 is 4.74 Å². The monoisotopic (exact) mass is 267 g/mol. The lowest BCUT2D eigenvalue weighted by atomic mass is 10.3. The van der Waals surface area contributed by atoms with Gasteiger partial charge in [-0.2, -0.15) is 0 Å². The van der Waals surface area contributed by atoms with Crippen LogP contribution in [0.1, 0.15) is 26.7 Å². The van der Waals surface area contributed by atoms with E-state index < -0.39 is 0 Å². The number of carbonyl (C=O) groups is 1. The summed E-state index contributed by atoms with van der Waals surface area (Å²) in [6, 6.07) is 7.70. The highest BCUT2D eigenvalue weighted by Gasteiger charge is 2.34. The van der Waals surface area contributed by atoms with Crippen molar-refractivity contribution in [1.29, 1.82) is 0 Å². The molecule has 1 fully saturated rings. The molecule has 0 heterocycles. The van der Waals surface area contributed by atoms with Crippen LogP contribution >= 0.6 is 11.6 Å². The van der Waals surface area contributed by atoms with Gasteiger partial charge in [0.25, 0.3) is 5.91 Å². The second-order valence-electron chi connectivity index (χ2n) is 4.87. The summed E-state index contributed by atoms with van der Waals surface area (Å²) >= 11 is 5.79. The second-order valence-corrected chi connectivity index (χ2v) is 5.30. The van der Waals surface area contributed by atoms with Crippen LogP contribution in [-0.2, 0) is 4.79 Å². The zero-order valence-electron chi connectivity index (χ0n) is 10.7. The maximum absolute atomic E-state index is 12.1. The van der Waals surface area contributed by atoms with Gasteiger partial charge in [0.15, 0.2) is 6.61 Å². The van der Waals surface area contributed by atoms with E-state index in [0.717, 1.165) is 12.8 Å². The lowest BCUT2D eigenvalue weighted by Gasteiger charge is -2.26. The van der Waals surface area contributed by atoms with E-state index in [-0.39, 0.29) is 18.6 Å². The van der Waals surface area contributed by atoms with Crippen molar-refractivity contribution in [3.63, 3.8) is 0 Å². The summed E-state index contributed by atoms with van der Waals surface area (Å²) in [6.45, 7) is 4.17. The normalized spacial score (nSPS) is 14.7. The Morgan fingerprint density at radius 3 is 2.50 bits per heavy atom. The van der Waals surface area contributed by atoms with Crippen LogP contribution in [0.25, 0.3) is 0 Å². The van der Waals surface area contributed by atoms with Crippen LogP contribution in [0.4, 0.5) is 0 Å². The highest BCUT2D eigenvalue weighted by Crippen LogP contribution is 2.28. The first-order valence-electron chi connectivity index (χ1n) is 6.27. The van der Waals surface area contributed by atoms with Crippen molar-refractivity contribution in [2.24, 2.45) is 0 Å². The molecule has 3 nitrogen and oxygen atoms in total. The third-order valence-corrected chi connectivity index (χ3v) is 3.21. The summed E-state index contributed by atoms with van der Waals surface area (Å²) < 4.78 is 5.48. The van der Waals surface area contributed by atoms with Crippen molar-refractivity contribution in [3.8, 4) is 5.75 Å². The number of carbonyl (C=O) groups excluding carboxylic acids is 1. The van der Waals surface area contributed by atoms with Crippen LogP contribution in [0.15, 0.2) is 24.3 Å². The first-order chi connectivity index (χ1) is 8.58. The van der Waals surface area contributed by atoms with Crippen molar-refractivity contribution in [1.82, 2.24) is 4.90 Å². The largest absolute Gasteiger partial charge is 0.484 e. The maximum atomic E-state index is 12.1. The van der Waals surface area contributed by atoms with Gasteiger partial charge in [0.1, 0.15) is 5.75 Å². The molecule has 1 aliphatic rings. The molecule has 1 saturated carbocycles. The quantitative estimate of drug-likeness (QED) is 0.820. The Balaban J connectivity index is 1.88. The van der Waals surface area contributed by atoms with E-state index in [1.165, 1.54) is 0 Å². The number of amides is 1. The van der Waals surface area contributed by atoms with Gasteiger partial charge >= 0.3 is 0 Å². The van der Waals surface area contributed by atoms with Gasteiger partial charge < -0.3 is 9.64 Å². The van der Waals surface area contributed by atoms with Crippen molar-refractivity contribution < 1.29 is 9.53 Å². The molecule has 4 heteroatoms. The van der Waals surface area contributed by atoms with Crippen molar-refractivity contribution >= 4 is 17.5 Å². The zero-order chi connectivity index (χ0) is 13.1. The Kier molecular flexibility index (Phi) is 4.12. The molecular weight excluding hydrogens is 250 g/mol. The van der Waals surface area contributed by atoms with Crippen LogP contribution in [0.5, 0.6) is 5.75 Å². The Hall–Kier alpha value is -1.22. The average Bonchev–Trinajstić information content (AvgIpc) is 3.12. The van der Waals surface area contributed by atoms with E-state index in [1.807, 2.05) is 18.7 Å². The highest BCUT2D eigenvalue weighted by atomic mass is 35.5. The maximum Gasteiger partial charge on any atom is 0.260 e. The third-order valence-electron chi connectivity index (χ3n) is 2.96. The zero-order valence-corrected chi connectivity index (χ0v) is 11.5. The second kappa shape index (κ2) is 5.61. The van der Waals surface area contributed by atoms with Gasteiger partial charge in [-0.15, -0.1) is 0 Å². The summed E-state index contributed by atoms with van der Waals surface area (Å²) in [5.41, 5.74) is 0. The van der Waals surface area contributed by atoms with Gasteiger partial charge in [-0.3, -0.25) is 4.79 Å². The van der Waals surface area contributed by atoms with Gasteiger partial charge in [-0.25, -0.2) is 0 Å². The predicted molar refractivity (Wildman–Crippen MR) is 72.0 cm³/mol. The van der Waals surface area contributed by atoms with Crippen LogP contribution in [0.3, 0.4) is 0 Å². The van der Waals surface area contributed by atoms with Gasteiger partial charge in [0.05, 0.1) is 0 Å². The molecule has 2 rings (SSSR count). The fourth-order valence-corrected chi connectivity index (χ4v) is 2.14. The molecule has 0 spiro atoms. The van der Waals surface area contributed by atoms with Crippen molar-refractivity contribution in [2.45, 2.75) is 38.8 Å². The van der Waals surface area contributed by atoms with E-state index in [1.54, 1.807) is 24.3 Å². The molecule has 1 aromatic carbocycles. The topological polar surface area (TPSA) is 29.5 Å². The van der Waals surface area contributed by atoms with Gasteiger partial charge in [-0.05, 0) is 51.0 Å². The summed E-state index contributed by atoms with van der Waals surface area (Å²) in [5.74, 6) is 0.731. The SMILES string of the molecule is CC(C)N(C(=O)COc1ccc(Cl)cc1)C1CC1. The van der Waals surface area contributed by atoms with Crippen molar-refractivity contribution in [3.05, 3.63) is 29.3 Å². The average molecular weight is 268 g/mol. The van der Waals surface area contributed by atoms with Crippen molar-refractivity contribution in [2.75, 3.05) is 6.61 Å². The number of nitrogens with zero attached hydrogens (tertiary/aromatic N) is 1. The summed E-state index contributed by atoms with van der Waals surface area (Å²) in [4.78, 5) is 14.0. The number of hydrogen-bond donors (Lipinski definition) is 0. The lowest BCUT2D eigenvalue weighted by Crippen LogP contribution is -2.41. The summed E-state index contributed by atoms with van der Waals surface area (Å²) in [5, 5.41) is 0.662. The van der Waals surface area contributed by atoms with Crippen LogP contribution in [0.2, 0.25) is 5.02 Å². The van der Waals surface area contributed by atoms with E-state index >= 15 is 0 Å². The molecule has 1 amide bonds. The Morgan fingerprint density at radius 1 is 1.39 bits per heavy atom. The summed E-state index contributed by atoms with van der Waals surface area (Å²) in [6.07, 6.45) is 2.23. The lowest BCUT2D eigenvalue weighted by molar-refractivity contribution is -0.135. The molecule has 0 N–H and O–H groups in total. The standard InChI is InChI=1S/C14H18ClNO2/c1-10(2)16(12-5-6-12)14(17)9-18-13-7-3-11(15)4-8-13/h3-4,7-8,10,12H,5-6,9H2,1-2H3. The molecular formula is C14H18ClNO2. The molecule has 0 bridgehead atoms. The first kappa shape index (κ1) is 13.2. The van der Waals surface area contributed by atoms with Crippen LogP contribution in [-0.4, -0.2) is 29.5 Å². The van der Waals surface area contributed by atoms with Crippen LogP contribution in [0, 0.1) is 0 Å². The summed E-state index contributed by atoms with van der Waals surface area (Å²) in [7, 11) is 0. The minimum atomic E-state index is 0.0578. The molecule has 1 aromatic rings. The highest BCUT2D eigenvalue weighted by molar-refractivity contribution is 6.30. The van der Waals surface area contributed by atoms with E-state index in [9.17, 15) is 4.79 Å². The molecule has 0 aromatic heterocycles. The molecule has 0 saturated heterocycles. The molecule has 18 heavy (non-hydrogen) atoms. The molecule has 0 radical (unpaired) electrons. The number of benzene rings is 1. The Morgan fingerprint density at radius 2 is 2.00 bits per heavy atom. The number of rotatable bonds is 5. The molecule has 0 unspecified atom stereocenters. The smallest absolute Gasteiger partial charge is 0.260 e.